The Morgan fingerprint density at radius 3 is 2.84 bits per heavy atom. The summed E-state index contributed by atoms with van der Waals surface area (Å²) in [4.78, 5) is 28.1. The van der Waals surface area contributed by atoms with E-state index in [9.17, 15) is 10.1 Å². The Balaban J connectivity index is 1.92. The van der Waals surface area contributed by atoms with Crippen LogP contribution in [0.1, 0.15) is 30.9 Å². The van der Waals surface area contributed by atoms with Crippen molar-refractivity contribution in [3.63, 3.8) is 0 Å². The van der Waals surface area contributed by atoms with Gasteiger partial charge in [0.05, 0.1) is 24.7 Å². The average molecular weight is 426 g/mol. The summed E-state index contributed by atoms with van der Waals surface area (Å²) < 4.78 is 3.06. The average Bonchev–Trinajstić information content (AvgIpc) is 3.18. The zero-order valence-corrected chi connectivity index (χ0v) is 17.7. The number of fused-ring (bicyclic) bond motifs is 1. The topological polar surface area (TPSA) is 110 Å². The fourth-order valence-corrected chi connectivity index (χ4v) is 4.00. The highest BCUT2D eigenvalue weighted by atomic mass is 16.1. The van der Waals surface area contributed by atoms with E-state index >= 15 is 0 Å². The van der Waals surface area contributed by atoms with Crippen molar-refractivity contribution in [2.75, 3.05) is 18.0 Å². The Morgan fingerprint density at radius 2 is 2.12 bits per heavy atom. The molecule has 1 fully saturated rings. The lowest BCUT2D eigenvalue weighted by atomic mass is 10.1. The summed E-state index contributed by atoms with van der Waals surface area (Å²) in [5.41, 5.74) is 7.39. The summed E-state index contributed by atoms with van der Waals surface area (Å²) in [6.07, 6.45) is 1.87. The quantitative estimate of drug-likeness (QED) is 0.505. The molecule has 1 aliphatic heterocycles. The normalized spacial score (nSPS) is 15.6. The lowest BCUT2D eigenvalue weighted by Gasteiger charge is -2.31. The molecule has 9 nitrogen and oxygen atoms in total. The standard InChI is InChI=1S/C23H22N8O/c1-3-4-12-30-19-20(28-23(30)29-11-7-10-18(25)15-29)27-22(26-2)31(21(19)32)14-17-9-6-5-8-16(17)13-24/h5-6,8-9,18H,7,10-12,14-15,25H2,1H3. The van der Waals surface area contributed by atoms with Gasteiger partial charge < -0.3 is 15.5 Å². The fourth-order valence-electron chi connectivity index (χ4n) is 4.00. The molecular formula is C23H22N8O. The molecular weight excluding hydrogens is 404 g/mol. The molecule has 9 heteroatoms. The summed E-state index contributed by atoms with van der Waals surface area (Å²) in [7, 11) is 0. The molecule has 0 bridgehead atoms. The molecule has 160 valence electrons. The number of aromatic nitrogens is 4. The van der Waals surface area contributed by atoms with Crippen LogP contribution in [0.15, 0.2) is 29.1 Å². The van der Waals surface area contributed by atoms with Crippen LogP contribution < -0.4 is 16.2 Å². The van der Waals surface area contributed by atoms with E-state index in [1.165, 1.54) is 4.57 Å². The van der Waals surface area contributed by atoms with Gasteiger partial charge in [0.15, 0.2) is 5.52 Å². The van der Waals surface area contributed by atoms with Crippen LogP contribution in [0.2, 0.25) is 0 Å². The summed E-state index contributed by atoms with van der Waals surface area (Å²) in [6.45, 7) is 11.0. The highest BCUT2D eigenvalue weighted by Crippen LogP contribution is 2.24. The molecule has 0 saturated carbocycles. The zero-order chi connectivity index (χ0) is 22.7. The molecule has 1 unspecified atom stereocenters. The van der Waals surface area contributed by atoms with E-state index in [4.69, 9.17) is 12.3 Å². The van der Waals surface area contributed by atoms with Crippen LogP contribution in [0, 0.1) is 29.7 Å². The van der Waals surface area contributed by atoms with Gasteiger partial charge in [-0.05, 0) is 25.8 Å². The Labute approximate surface area is 185 Å². The first-order valence-electron chi connectivity index (χ1n) is 10.3. The lowest BCUT2D eigenvalue weighted by Crippen LogP contribution is -2.44. The minimum Gasteiger partial charge on any atom is -0.396 e. The number of imidazole rings is 1. The first-order valence-corrected chi connectivity index (χ1v) is 10.3. The van der Waals surface area contributed by atoms with Crippen LogP contribution in [0.3, 0.4) is 0 Å². The van der Waals surface area contributed by atoms with E-state index in [0.29, 0.717) is 29.1 Å². The highest BCUT2D eigenvalue weighted by Gasteiger charge is 2.27. The van der Waals surface area contributed by atoms with E-state index in [2.05, 4.69) is 37.6 Å². The lowest BCUT2D eigenvalue weighted by molar-refractivity contribution is 0.496. The third-order valence-electron chi connectivity index (χ3n) is 5.55. The van der Waals surface area contributed by atoms with Crippen molar-refractivity contribution in [3.8, 4) is 17.9 Å². The van der Waals surface area contributed by atoms with Crippen LogP contribution in [-0.4, -0.2) is 38.2 Å². The Hall–Kier alpha value is -4.13. The summed E-state index contributed by atoms with van der Waals surface area (Å²) in [5.74, 6) is 6.40. The second kappa shape index (κ2) is 8.93. The summed E-state index contributed by atoms with van der Waals surface area (Å²) in [6, 6.07) is 9.17. The van der Waals surface area contributed by atoms with Crippen LogP contribution in [-0.2, 0) is 13.1 Å². The van der Waals surface area contributed by atoms with Crippen molar-refractivity contribution >= 4 is 23.1 Å². The molecule has 0 amide bonds. The Kier molecular flexibility index (Phi) is 5.89. The first-order chi connectivity index (χ1) is 15.6. The van der Waals surface area contributed by atoms with Gasteiger partial charge in [-0.3, -0.25) is 9.13 Å². The molecule has 3 heterocycles. The number of nitrogens with two attached hydrogens (primary N) is 1. The van der Waals surface area contributed by atoms with E-state index in [-0.39, 0.29) is 36.3 Å². The number of rotatable bonds is 4. The molecule has 0 radical (unpaired) electrons. The molecule has 32 heavy (non-hydrogen) atoms. The van der Waals surface area contributed by atoms with Crippen molar-refractivity contribution in [3.05, 3.63) is 57.2 Å². The number of nitriles is 1. The predicted octanol–water partition coefficient (Wildman–Crippen LogP) is 2.01. The highest BCUT2D eigenvalue weighted by molar-refractivity contribution is 5.76. The van der Waals surface area contributed by atoms with Crippen molar-refractivity contribution in [2.45, 2.75) is 38.9 Å². The molecule has 0 spiro atoms. The number of piperidine rings is 1. The van der Waals surface area contributed by atoms with E-state index in [0.717, 1.165) is 19.4 Å². The second-order valence-corrected chi connectivity index (χ2v) is 7.63. The third kappa shape index (κ3) is 3.80. The number of hydrogen-bond donors (Lipinski definition) is 1. The van der Waals surface area contributed by atoms with Gasteiger partial charge in [0.1, 0.15) is 0 Å². The minimum absolute atomic E-state index is 0.0279. The molecule has 2 N–H and O–H groups in total. The van der Waals surface area contributed by atoms with Crippen molar-refractivity contribution in [1.82, 2.24) is 19.1 Å². The van der Waals surface area contributed by atoms with Gasteiger partial charge in [-0.1, -0.05) is 24.1 Å². The van der Waals surface area contributed by atoms with Crippen molar-refractivity contribution < 1.29 is 0 Å². The molecule has 1 saturated heterocycles. The molecule has 1 atom stereocenters. The van der Waals surface area contributed by atoms with E-state index < -0.39 is 0 Å². The van der Waals surface area contributed by atoms with Gasteiger partial charge >= 0.3 is 11.5 Å². The van der Waals surface area contributed by atoms with Gasteiger partial charge in [-0.15, -0.1) is 17.5 Å². The number of hydrogen-bond acceptors (Lipinski definition) is 6. The zero-order valence-electron chi connectivity index (χ0n) is 17.7. The third-order valence-corrected chi connectivity index (χ3v) is 5.55. The van der Waals surface area contributed by atoms with Crippen LogP contribution in [0.25, 0.3) is 16.0 Å². The monoisotopic (exact) mass is 426 g/mol. The van der Waals surface area contributed by atoms with Crippen LogP contribution >= 0.6 is 0 Å². The number of nitrogens with zero attached hydrogens (tertiary/aromatic N) is 7. The van der Waals surface area contributed by atoms with E-state index in [1.54, 1.807) is 35.8 Å². The summed E-state index contributed by atoms with van der Waals surface area (Å²) >= 11 is 0. The maximum atomic E-state index is 13.6. The minimum atomic E-state index is -0.383. The molecule has 0 aliphatic carbocycles. The van der Waals surface area contributed by atoms with Crippen LogP contribution in [0.5, 0.6) is 0 Å². The van der Waals surface area contributed by atoms with Gasteiger partial charge in [-0.2, -0.15) is 10.2 Å². The van der Waals surface area contributed by atoms with Gasteiger partial charge in [0.25, 0.3) is 0 Å². The molecule has 1 aromatic carbocycles. The maximum absolute atomic E-state index is 13.6. The number of anilines is 1. The Morgan fingerprint density at radius 1 is 1.31 bits per heavy atom. The van der Waals surface area contributed by atoms with Crippen LogP contribution in [0.4, 0.5) is 11.9 Å². The van der Waals surface area contributed by atoms with Gasteiger partial charge in [-0.25, -0.2) is 4.79 Å². The van der Waals surface area contributed by atoms with Gasteiger partial charge in [0.2, 0.25) is 11.6 Å². The van der Waals surface area contributed by atoms with E-state index in [1.807, 2.05) is 0 Å². The largest absolute Gasteiger partial charge is 0.396 e. The molecule has 1 aliphatic rings. The maximum Gasteiger partial charge on any atom is 0.343 e. The van der Waals surface area contributed by atoms with Crippen molar-refractivity contribution in [1.29, 1.82) is 5.26 Å². The SMILES string of the molecule is [C-]#[N+]c1nc2nc(N3CCCC(N)C3)n(CC#CC)c2c(=O)n1Cc1ccccc1C#N. The molecule has 3 aromatic rings. The number of benzene rings is 1. The summed E-state index contributed by atoms with van der Waals surface area (Å²) in [5, 5.41) is 9.42. The molecule has 2 aromatic heterocycles. The first kappa shape index (κ1) is 21.1. The fraction of sp³-hybridized carbons (Fsp3) is 0.348. The second-order valence-electron chi connectivity index (χ2n) is 7.63. The predicted molar refractivity (Wildman–Crippen MR) is 121 cm³/mol. The Bertz CT molecular complexity index is 1380. The molecule has 4 rings (SSSR count). The van der Waals surface area contributed by atoms with Gasteiger partial charge in [0, 0.05) is 24.7 Å². The van der Waals surface area contributed by atoms with Crippen molar-refractivity contribution in [2.24, 2.45) is 5.73 Å². The smallest absolute Gasteiger partial charge is 0.343 e.